The maximum atomic E-state index is 12.4. The number of amidine groups is 1. The number of aliphatic imine (C=N–C) groups is 1. The molecule has 0 saturated carbocycles. The van der Waals surface area contributed by atoms with Crippen LogP contribution in [0.5, 0.6) is 0 Å². The minimum atomic E-state index is -0.695. The van der Waals surface area contributed by atoms with Crippen LogP contribution in [0.15, 0.2) is 29.3 Å². The van der Waals surface area contributed by atoms with Crippen LogP contribution in [0.3, 0.4) is 0 Å². The first kappa shape index (κ1) is 20.6. The summed E-state index contributed by atoms with van der Waals surface area (Å²) in [6.45, 7) is 1.95. The van der Waals surface area contributed by atoms with Crippen molar-refractivity contribution in [3.63, 3.8) is 0 Å². The van der Waals surface area contributed by atoms with Gasteiger partial charge < -0.3 is 19.7 Å². The van der Waals surface area contributed by atoms with E-state index in [2.05, 4.69) is 10.3 Å². The molecule has 0 bridgehead atoms. The molecule has 9 heteroatoms. The first-order valence-electron chi connectivity index (χ1n) is 8.19. The quantitative estimate of drug-likeness (QED) is 0.718. The van der Waals surface area contributed by atoms with Crippen LogP contribution in [-0.2, 0) is 14.3 Å². The summed E-state index contributed by atoms with van der Waals surface area (Å²) in [4.78, 5) is 41.4. The van der Waals surface area contributed by atoms with E-state index < -0.39 is 17.3 Å². The van der Waals surface area contributed by atoms with Gasteiger partial charge in [-0.15, -0.1) is 0 Å². The highest BCUT2D eigenvalue weighted by molar-refractivity contribution is 8.15. The fourth-order valence-electron chi connectivity index (χ4n) is 2.38. The maximum Gasteiger partial charge on any atom is 0.279 e. The summed E-state index contributed by atoms with van der Waals surface area (Å²) in [7, 11) is 3.16. The number of thioether (sulfide) groups is 1. The topological polar surface area (TPSA) is 112 Å². The van der Waals surface area contributed by atoms with E-state index in [4.69, 9.17) is 10.00 Å². The fourth-order valence-corrected chi connectivity index (χ4v) is 3.64. The van der Waals surface area contributed by atoms with Gasteiger partial charge in [-0.25, -0.2) is 0 Å². The van der Waals surface area contributed by atoms with Gasteiger partial charge in [-0.3, -0.25) is 9.59 Å². The Morgan fingerprint density at radius 2 is 2.11 bits per heavy atom. The Morgan fingerprint density at radius 1 is 1.44 bits per heavy atom. The summed E-state index contributed by atoms with van der Waals surface area (Å²) < 4.78 is 4.91. The molecule has 1 fully saturated rings. The molecule has 0 aliphatic carbocycles. The van der Waals surface area contributed by atoms with Gasteiger partial charge >= 0.3 is 0 Å². The van der Waals surface area contributed by atoms with Crippen LogP contribution in [0.4, 0.5) is 0 Å². The molecule has 0 radical (unpaired) electrons. The van der Waals surface area contributed by atoms with Gasteiger partial charge in [0.15, 0.2) is 11.5 Å². The maximum absolute atomic E-state index is 12.4. The van der Waals surface area contributed by atoms with Gasteiger partial charge in [-0.05, 0) is 31.2 Å². The number of carbonyl (C=O) groups is 3. The van der Waals surface area contributed by atoms with E-state index in [9.17, 15) is 14.4 Å². The standard InChI is InChI=1S/C18H20N4O4S/c1-11-15(17(25)20-9-14(10-23)26-3)27-18(22(11)2)21-16(24)13-6-4-12(8-19)5-7-13/h4-7,10-11,14-15H,9H2,1-3H3,(H,20,25). The van der Waals surface area contributed by atoms with Gasteiger partial charge in [-0.2, -0.15) is 10.3 Å². The molecule has 8 nitrogen and oxygen atoms in total. The van der Waals surface area contributed by atoms with Crippen LogP contribution in [0, 0.1) is 11.3 Å². The van der Waals surface area contributed by atoms with Crippen molar-refractivity contribution in [1.82, 2.24) is 10.2 Å². The monoisotopic (exact) mass is 388 g/mol. The van der Waals surface area contributed by atoms with Crippen LogP contribution in [-0.4, -0.2) is 66.3 Å². The Labute approximate surface area is 161 Å². The number of benzene rings is 1. The summed E-state index contributed by atoms with van der Waals surface area (Å²) in [5, 5.41) is 11.5. The molecule has 1 saturated heterocycles. The van der Waals surface area contributed by atoms with E-state index in [-0.39, 0.29) is 18.5 Å². The molecule has 142 valence electrons. The fraction of sp³-hybridized carbons (Fsp3) is 0.389. The summed E-state index contributed by atoms with van der Waals surface area (Å²) in [6.07, 6.45) is -0.0692. The second-order valence-corrected chi connectivity index (χ2v) is 7.04. The van der Waals surface area contributed by atoms with Gasteiger partial charge in [0.1, 0.15) is 11.4 Å². The third kappa shape index (κ3) is 4.93. The van der Waals surface area contributed by atoms with E-state index in [1.54, 1.807) is 36.2 Å². The number of ether oxygens (including phenoxy) is 1. The van der Waals surface area contributed by atoms with Crippen molar-refractivity contribution in [2.24, 2.45) is 4.99 Å². The second kappa shape index (κ2) is 9.30. The first-order valence-corrected chi connectivity index (χ1v) is 9.07. The van der Waals surface area contributed by atoms with Crippen molar-refractivity contribution in [2.45, 2.75) is 24.3 Å². The van der Waals surface area contributed by atoms with Crippen molar-refractivity contribution in [3.05, 3.63) is 35.4 Å². The van der Waals surface area contributed by atoms with Gasteiger partial charge in [0, 0.05) is 25.8 Å². The SMILES string of the molecule is COC(C=O)CNC(=O)C1SC(=NC(=O)c2ccc(C#N)cc2)N(C)C1C. The number of nitrogens with zero attached hydrogens (tertiary/aromatic N) is 3. The number of hydrogen-bond donors (Lipinski definition) is 1. The summed E-state index contributed by atoms with van der Waals surface area (Å²) in [5.41, 5.74) is 0.826. The normalized spacial score (nSPS) is 21.6. The smallest absolute Gasteiger partial charge is 0.279 e. The Bertz CT molecular complexity index is 788. The molecular weight excluding hydrogens is 368 g/mol. The van der Waals surface area contributed by atoms with Crippen LogP contribution < -0.4 is 5.32 Å². The van der Waals surface area contributed by atoms with Gasteiger partial charge in [0.05, 0.1) is 18.2 Å². The molecule has 1 aromatic rings. The van der Waals surface area contributed by atoms with E-state index >= 15 is 0 Å². The van der Waals surface area contributed by atoms with Crippen molar-refractivity contribution in [1.29, 1.82) is 5.26 Å². The minimum Gasteiger partial charge on any atom is -0.372 e. The molecule has 0 aromatic heterocycles. The Morgan fingerprint density at radius 3 is 2.67 bits per heavy atom. The largest absolute Gasteiger partial charge is 0.372 e. The van der Waals surface area contributed by atoms with E-state index in [0.717, 1.165) is 0 Å². The lowest BCUT2D eigenvalue weighted by Crippen LogP contribution is -2.43. The number of carbonyl (C=O) groups excluding carboxylic acids is 3. The van der Waals surface area contributed by atoms with E-state index in [0.29, 0.717) is 22.6 Å². The van der Waals surface area contributed by atoms with Gasteiger partial charge in [-0.1, -0.05) is 11.8 Å². The summed E-state index contributed by atoms with van der Waals surface area (Å²) in [6, 6.07) is 8.00. The lowest BCUT2D eigenvalue weighted by molar-refractivity contribution is -0.122. The van der Waals surface area contributed by atoms with E-state index in [1.165, 1.54) is 18.9 Å². The molecule has 3 atom stereocenters. The zero-order chi connectivity index (χ0) is 20.0. The number of nitrogens with one attached hydrogen (secondary N) is 1. The van der Waals surface area contributed by atoms with Crippen molar-refractivity contribution in [3.8, 4) is 6.07 Å². The van der Waals surface area contributed by atoms with Crippen LogP contribution >= 0.6 is 11.8 Å². The molecule has 1 aliphatic rings. The predicted octanol–water partition coefficient (Wildman–Crippen LogP) is 0.820. The van der Waals surface area contributed by atoms with Crippen molar-refractivity contribution < 1.29 is 19.1 Å². The third-order valence-electron chi connectivity index (χ3n) is 4.23. The molecule has 27 heavy (non-hydrogen) atoms. The highest BCUT2D eigenvalue weighted by Gasteiger charge is 2.39. The number of methoxy groups -OCH3 is 1. The lowest BCUT2D eigenvalue weighted by atomic mass is 10.1. The Kier molecular flexibility index (Phi) is 7.10. The van der Waals surface area contributed by atoms with Crippen molar-refractivity contribution >= 4 is 35.0 Å². The minimum absolute atomic E-state index is 0.0863. The van der Waals surface area contributed by atoms with Crippen LogP contribution in [0.1, 0.15) is 22.8 Å². The highest BCUT2D eigenvalue weighted by Crippen LogP contribution is 2.30. The van der Waals surface area contributed by atoms with E-state index in [1.807, 2.05) is 13.0 Å². The lowest BCUT2D eigenvalue weighted by Gasteiger charge is -2.20. The van der Waals surface area contributed by atoms with Gasteiger partial charge in [0.2, 0.25) is 5.91 Å². The van der Waals surface area contributed by atoms with Crippen LogP contribution in [0.25, 0.3) is 0 Å². The van der Waals surface area contributed by atoms with Crippen LogP contribution in [0.2, 0.25) is 0 Å². The molecule has 1 aromatic carbocycles. The molecule has 3 unspecified atom stereocenters. The van der Waals surface area contributed by atoms with Crippen molar-refractivity contribution in [2.75, 3.05) is 20.7 Å². The molecule has 1 heterocycles. The Hall–Kier alpha value is -2.70. The Balaban J connectivity index is 2.07. The number of nitriles is 1. The number of amides is 2. The molecule has 1 N–H and O–H groups in total. The predicted molar refractivity (Wildman–Crippen MR) is 101 cm³/mol. The average molecular weight is 388 g/mol. The average Bonchev–Trinajstić information content (AvgIpc) is 2.97. The number of aldehydes is 1. The number of hydrogen-bond acceptors (Lipinski definition) is 6. The zero-order valence-corrected chi connectivity index (χ0v) is 16.0. The highest BCUT2D eigenvalue weighted by atomic mass is 32.2. The third-order valence-corrected chi connectivity index (χ3v) is 5.68. The first-order chi connectivity index (χ1) is 12.9. The molecule has 1 aliphatic heterocycles. The second-order valence-electron chi connectivity index (χ2n) is 5.93. The number of rotatable bonds is 6. The molecule has 2 amide bonds. The summed E-state index contributed by atoms with van der Waals surface area (Å²) >= 11 is 1.19. The van der Waals surface area contributed by atoms with Gasteiger partial charge in [0.25, 0.3) is 5.91 Å². The molecular formula is C18H20N4O4S. The molecule has 0 spiro atoms. The zero-order valence-electron chi connectivity index (χ0n) is 15.2. The summed E-state index contributed by atoms with van der Waals surface area (Å²) in [5.74, 6) is -0.693. The molecule has 2 rings (SSSR count).